The highest BCUT2D eigenvalue weighted by atomic mass is 16.6. The average Bonchev–Trinajstić information content (AvgIpc) is 2.45. The normalized spacial score (nSPS) is 10.0. The molecule has 102 valence electrons. The number of anilines is 1. The van der Waals surface area contributed by atoms with Gasteiger partial charge in [0.05, 0.1) is 17.2 Å². The summed E-state index contributed by atoms with van der Waals surface area (Å²) in [5, 5.41) is 13.3. The number of carbonyl (C=O) groups is 1. The molecular formula is C13H12N4O3. The molecule has 0 aliphatic heterocycles. The SMILES string of the molecule is Nc1cc(C(=O)NCc2ccccn2)ccc1[N+](=O)[O-]. The molecule has 2 aromatic rings. The van der Waals surface area contributed by atoms with Crippen LogP contribution < -0.4 is 11.1 Å². The minimum Gasteiger partial charge on any atom is -0.393 e. The van der Waals surface area contributed by atoms with Crippen LogP contribution in [0.25, 0.3) is 0 Å². The van der Waals surface area contributed by atoms with Gasteiger partial charge in [-0.1, -0.05) is 6.07 Å². The number of nitrogens with two attached hydrogens (primary N) is 1. The predicted molar refractivity (Wildman–Crippen MR) is 72.9 cm³/mol. The Balaban J connectivity index is 2.06. The van der Waals surface area contributed by atoms with Crippen molar-refractivity contribution in [2.45, 2.75) is 6.54 Å². The fourth-order valence-corrected chi connectivity index (χ4v) is 1.64. The second-order valence-electron chi connectivity index (χ2n) is 4.03. The number of pyridine rings is 1. The first-order valence-corrected chi connectivity index (χ1v) is 5.80. The first kappa shape index (κ1) is 13.5. The van der Waals surface area contributed by atoms with Crippen molar-refractivity contribution < 1.29 is 9.72 Å². The maximum absolute atomic E-state index is 11.9. The number of benzene rings is 1. The Morgan fingerprint density at radius 1 is 1.35 bits per heavy atom. The van der Waals surface area contributed by atoms with E-state index in [9.17, 15) is 14.9 Å². The second-order valence-corrected chi connectivity index (χ2v) is 4.03. The number of nitro benzene ring substituents is 1. The summed E-state index contributed by atoms with van der Waals surface area (Å²) in [5.41, 5.74) is 6.26. The van der Waals surface area contributed by atoms with Gasteiger partial charge in [-0.25, -0.2) is 0 Å². The molecule has 20 heavy (non-hydrogen) atoms. The van der Waals surface area contributed by atoms with Crippen molar-refractivity contribution in [2.75, 3.05) is 5.73 Å². The molecule has 0 aliphatic carbocycles. The number of hydrogen-bond acceptors (Lipinski definition) is 5. The lowest BCUT2D eigenvalue weighted by atomic mass is 10.1. The molecule has 3 N–H and O–H groups in total. The zero-order valence-corrected chi connectivity index (χ0v) is 10.4. The van der Waals surface area contributed by atoms with Crippen LogP contribution in [0.4, 0.5) is 11.4 Å². The summed E-state index contributed by atoms with van der Waals surface area (Å²) < 4.78 is 0. The molecule has 1 aromatic heterocycles. The van der Waals surface area contributed by atoms with Gasteiger partial charge in [0.2, 0.25) is 0 Å². The van der Waals surface area contributed by atoms with Gasteiger partial charge in [0.1, 0.15) is 5.69 Å². The van der Waals surface area contributed by atoms with Crippen LogP contribution in [0.3, 0.4) is 0 Å². The van der Waals surface area contributed by atoms with Gasteiger partial charge >= 0.3 is 0 Å². The second kappa shape index (κ2) is 5.79. The number of carbonyl (C=O) groups excluding carboxylic acids is 1. The third-order valence-corrected chi connectivity index (χ3v) is 2.64. The number of nitrogens with one attached hydrogen (secondary N) is 1. The van der Waals surface area contributed by atoms with Gasteiger partial charge < -0.3 is 11.1 Å². The van der Waals surface area contributed by atoms with E-state index in [1.54, 1.807) is 18.3 Å². The van der Waals surface area contributed by atoms with Gasteiger partial charge in [0.25, 0.3) is 11.6 Å². The van der Waals surface area contributed by atoms with Gasteiger partial charge in [-0.2, -0.15) is 0 Å². The molecule has 7 nitrogen and oxygen atoms in total. The quantitative estimate of drug-likeness (QED) is 0.497. The molecule has 0 radical (unpaired) electrons. The van der Waals surface area contributed by atoms with Crippen LogP contribution in [-0.4, -0.2) is 15.8 Å². The van der Waals surface area contributed by atoms with Gasteiger partial charge in [-0.05, 0) is 24.3 Å². The molecule has 0 fully saturated rings. The Hall–Kier alpha value is -2.96. The highest BCUT2D eigenvalue weighted by Crippen LogP contribution is 2.21. The number of nitrogen functional groups attached to an aromatic ring is 1. The zero-order chi connectivity index (χ0) is 14.5. The number of aromatic nitrogens is 1. The van der Waals surface area contributed by atoms with Gasteiger partial charge in [-0.15, -0.1) is 0 Å². The van der Waals surface area contributed by atoms with E-state index in [-0.39, 0.29) is 29.4 Å². The summed E-state index contributed by atoms with van der Waals surface area (Å²) in [5.74, 6) is -0.364. The van der Waals surface area contributed by atoms with E-state index >= 15 is 0 Å². The van der Waals surface area contributed by atoms with Gasteiger partial charge in [0.15, 0.2) is 0 Å². The van der Waals surface area contributed by atoms with Crippen LogP contribution in [-0.2, 0) is 6.54 Å². The third kappa shape index (κ3) is 3.08. The van der Waals surface area contributed by atoms with E-state index in [4.69, 9.17) is 5.73 Å². The average molecular weight is 272 g/mol. The third-order valence-electron chi connectivity index (χ3n) is 2.64. The van der Waals surface area contributed by atoms with Crippen molar-refractivity contribution in [3.05, 3.63) is 64.0 Å². The monoisotopic (exact) mass is 272 g/mol. The Kier molecular flexibility index (Phi) is 3.90. The van der Waals surface area contributed by atoms with Crippen LogP contribution in [0.2, 0.25) is 0 Å². The van der Waals surface area contributed by atoms with E-state index in [0.717, 1.165) is 5.69 Å². The lowest BCUT2D eigenvalue weighted by molar-refractivity contribution is -0.383. The van der Waals surface area contributed by atoms with E-state index in [0.29, 0.717) is 0 Å². The van der Waals surface area contributed by atoms with Crippen molar-refractivity contribution in [1.29, 1.82) is 0 Å². The van der Waals surface area contributed by atoms with Crippen LogP contribution >= 0.6 is 0 Å². The fourth-order valence-electron chi connectivity index (χ4n) is 1.64. The van der Waals surface area contributed by atoms with Crippen molar-refractivity contribution in [3.63, 3.8) is 0 Å². The molecule has 0 aliphatic rings. The zero-order valence-electron chi connectivity index (χ0n) is 10.4. The predicted octanol–water partition coefficient (Wildman–Crippen LogP) is 1.50. The number of nitrogens with zero attached hydrogens (tertiary/aromatic N) is 2. The van der Waals surface area contributed by atoms with Crippen molar-refractivity contribution in [3.8, 4) is 0 Å². The largest absolute Gasteiger partial charge is 0.393 e. The van der Waals surface area contributed by atoms with Crippen LogP contribution in [0.15, 0.2) is 42.6 Å². The molecule has 0 saturated heterocycles. The van der Waals surface area contributed by atoms with Crippen molar-refractivity contribution >= 4 is 17.3 Å². The summed E-state index contributed by atoms with van der Waals surface area (Å²) in [6.45, 7) is 0.274. The highest BCUT2D eigenvalue weighted by Gasteiger charge is 2.14. The summed E-state index contributed by atoms with van der Waals surface area (Å²) >= 11 is 0. The number of amides is 1. The fraction of sp³-hybridized carbons (Fsp3) is 0.0769. The molecule has 1 amide bonds. The number of rotatable bonds is 4. The molecule has 0 bridgehead atoms. The lowest BCUT2D eigenvalue weighted by Gasteiger charge is -2.05. The van der Waals surface area contributed by atoms with Crippen LogP contribution in [0.5, 0.6) is 0 Å². The lowest BCUT2D eigenvalue weighted by Crippen LogP contribution is -2.23. The molecule has 2 rings (SSSR count). The van der Waals surface area contributed by atoms with Gasteiger partial charge in [-0.3, -0.25) is 19.9 Å². The number of nitro groups is 1. The molecule has 0 saturated carbocycles. The topological polar surface area (TPSA) is 111 Å². The first-order valence-electron chi connectivity index (χ1n) is 5.80. The molecule has 0 atom stereocenters. The maximum Gasteiger partial charge on any atom is 0.292 e. The van der Waals surface area contributed by atoms with Crippen molar-refractivity contribution in [1.82, 2.24) is 10.3 Å². The highest BCUT2D eigenvalue weighted by molar-refractivity contribution is 5.95. The van der Waals surface area contributed by atoms with Crippen LogP contribution in [0.1, 0.15) is 16.1 Å². The Morgan fingerprint density at radius 2 is 2.15 bits per heavy atom. The summed E-state index contributed by atoms with van der Waals surface area (Å²) in [6.07, 6.45) is 1.63. The molecular weight excluding hydrogens is 260 g/mol. The minimum atomic E-state index is -0.592. The molecule has 7 heteroatoms. The molecule has 1 heterocycles. The van der Waals surface area contributed by atoms with E-state index in [2.05, 4.69) is 10.3 Å². The van der Waals surface area contributed by atoms with Crippen molar-refractivity contribution in [2.24, 2.45) is 0 Å². The van der Waals surface area contributed by atoms with E-state index < -0.39 is 4.92 Å². The Bertz CT molecular complexity index is 643. The smallest absolute Gasteiger partial charge is 0.292 e. The van der Waals surface area contributed by atoms with Gasteiger partial charge in [0, 0.05) is 17.8 Å². The van der Waals surface area contributed by atoms with E-state index in [1.807, 2.05) is 6.07 Å². The summed E-state index contributed by atoms with van der Waals surface area (Å²) in [7, 11) is 0. The summed E-state index contributed by atoms with van der Waals surface area (Å²) in [6, 6.07) is 9.24. The Morgan fingerprint density at radius 3 is 2.75 bits per heavy atom. The Labute approximate surface area is 114 Å². The summed E-state index contributed by atoms with van der Waals surface area (Å²) in [4.78, 5) is 26.0. The molecule has 0 spiro atoms. The van der Waals surface area contributed by atoms with E-state index in [1.165, 1.54) is 18.2 Å². The standard InChI is InChI=1S/C13H12N4O3/c14-11-7-9(4-5-12(11)17(19)20)13(18)16-8-10-3-1-2-6-15-10/h1-7H,8,14H2,(H,16,18). The van der Waals surface area contributed by atoms with Crippen LogP contribution in [0, 0.1) is 10.1 Å². The maximum atomic E-state index is 11.9. The minimum absolute atomic E-state index is 0.0412. The molecule has 1 aromatic carbocycles. The molecule has 0 unspecified atom stereocenters. The number of hydrogen-bond donors (Lipinski definition) is 2. The first-order chi connectivity index (χ1) is 9.58.